The zero-order valence-corrected chi connectivity index (χ0v) is 18.4. The van der Waals surface area contributed by atoms with Crippen LogP contribution in [0.3, 0.4) is 0 Å². The predicted molar refractivity (Wildman–Crippen MR) is 112 cm³/mol. The highest BCUT2D eigenvalue weighted by atomic mass is 79.9. The first-order valence-corrected chi connectivity index (χ1v) is 10.9. The number of aromatic nitrogens is 1. The number of rotatable bonds is 6. The molecule has 0 radical (unpaired) electrons. The van der Waals surface area contributed by atoms with Crippen LogP contribution in [0, 0.1) is 12.8 Å². The number of nitrogens with zero attached hydrogens (tertiary/aromatic N) is 2. The minimum absolute atomic E-state index is 0.0949. The van der Waals surface area contributed by atoms with Crippen molar-refractivity contribution in [1.29, 1.82) is 0 Å². The van der Waals surface area contributed by atoms with Gasteiger partial charge in [-0.15, -0.1) is 11.3 Å². The third kappa shape index (κ3) is 5.40. The van der Waals surface area contributed by atoms with Crippen molar-refractivity contribution >= 4 is 39.1 Å². The number of carbonyl (C=O) groups excluding carboxylic acids is 2. The van der Waals surface area contributed by atoms with Crippen LogP contribution < -0.4 is 5.32 Å². The van der Waals surface area contributed by atoms with E-state index in [9.17, 15) is 9.59 Å². The molecule has 2 heterocycles. The maximum atomic E-state index is 12.8. The number of aryl methyl sites for hydroxylation is 1. The number of esters is 1. The van der Waals surface area contributed by atoms with Crippen molar-refractivity contribution < 1.29 is 14.3 Å². The van der Waals surface area contributed by atoms with E-state index in [1.54, 1.807) is 11.3 Å². The maximum absolute atomic E-state index is 12.8. The lowest BCUT2D eigenvalue weighted by molar-refractivity contribution is -0.146. The number of carbonyl (C=O) groups is 2. The summed E-state index contributed by atoms with van der Waals surface area (Å²) in [6.45, 7) is 4.52. The summed E-state index contributed by atoms with van der Waals surface area (Å²) >= 11 is 5.04. The molecule has 1 amide bonds. The average molecular weight is 466 g/mol. The molecule has 1 aromatic carbocycles. The molecule has 1 saturated heterocycles. The van der Waals surface area contributed by atoms with E-state index in [2.05, 4.69) is 36.5 Å². The Bertz CT molecular complexity index is 816. The summed E-state index contributed by atoms with van der Waals surface area (Å²) in [4.78, 5) is 31.8. The van der Waals surface area contributed by atoms with Crippen LogP contribution in [0.4, 0.5) is 0 Å². The fourth-order valence-corrected chi connectivity index (χ4v) is 4.24. The zero-order valence-electron chi connectivity index (χ0n) is 16.0. The average Bonchev–Trinajstić information content (AvgIpc) is 3.11. The van der Waals surface area contributed by atoms with Crippen LogP contribution in [0.25, 0.3) is 0 Å². The van der Waals surface area contributed by atoms with Crippen molar-refractivity contribution in [3.63, 3.8) is 0 Å². The van der Waals surface area contributed by atoms with Gasteiger partial charge in [0.1, 0.15) is 0 Å². The lowest BCUT2D eigenvalue weighted by Crippen LogP contribution is -2.43. The Morgan fingerprint density at radius 1 is 1.32 bits per heavy atom. The normalized spacial score (nSPS) is 16.5. The van der Waals surface area contributed by atoms with Crippen LogP contribution in [0.1, 0.15) is 35.1 Å². The predicted octanol–water partition coefficient (Wildman–Crippen LogP) is 3.46. The van der Waals surface area contributed by atoms with Crippen LogP contribution in [0.15, 0.2) is 34.1 Å². The smallest absolute Gasteiger partial charge is 0.333 e. The van der Waals surface area contributed by atoms with Crippen LogP contribution in [-0.4, -0.2) is 42.0 Å². The van der Waals surface area contributed by atoms with Crippen molar-refractivity contribution in [2.24, 2.45) is 5.92 Å². The lowest BCUT2D eigenvalue weighted by atomic mass is 9.95. The summed E-state index contributed by atoms with van der Waals surface area (Å²) in [5.41, 5.74) is 1.80. The van der Waals surface area contributed by atoms with E-state index < -0.39 is 12.0 Å². The molecule has 0 aliphatic carbocycles. The number of nitrogens with one attached hydrogen (secondary N) is 1. The van der Waals surface area contributed by atoms with Crippen LogP contribution >= 0.6 is 27.3 Å². The van der Waals surface area contributed by atoms with Gasteiger partial charge >= 0.3 is 5.97 Å². The molecular weight excluding hydrogens is 442 g/mol. The van der Waals surface area contributed by atoms with Gasteiger partial charge in [0.05, 0.1) is 17.8 Å². The number of ether oxygens (including phenoxy) is 1. The monoisotopic (exact) mass is 465 g/mol. The molecule has 6 nitrogen and oxygen atoms in total. The first-order chi connectivity index (χ1) is 13.5. The Balaban J connectivity index is 1.57. The van der Waals surface area contributed by atoms with E-state index >= 15 is 0 Å². The van der Waals surface area contributed by atoms with E-state index in [4.69, 9.17) is 4.74 Å². The van der Waals surface area contributed by atoms with Gasteiger partial charge in [0.25, 0.3) is 0 Å². The summed E-state index contributed by atoms with van der Waals surface area (Å²) < 4.78 is 5.80. The standard InChI is InChI=1S/C20H24BrN3O3S/c1-13-22-17(12-28-13)11-24-9-7-15(8-10-24)19(25)23-18(20(26)27-2)14-3-5-16(21)6-4-14/h3-6,12,15,18H,7-11H2,1-2H3,(H,23,25). The number of halogens is 1. The van der Waals surface area contributed by atoms with Crippen molar-refractivity contribution in [3.8, 4) is 0 Å². The zero-order chi connectivity index (χ0) is 20.1. The van der Waals surface area contributed by atoms with Gasteiger partial charge in [-0.25, -0.2) is 9.78 Å². The first kappa shape index (κ1) is 21.0. The summed E-state index contributed by atoms with van der Waals surface area (Å²) in [7, 11) is 1.33. The highest BCUT2D eigenvalue weighted by Crippen LogP contribution is 2.23. The van der Waals surface area contributed by atoms with Gasteiger partial charge < -0.3 is 10.1 Å². The van der Waals surface area contributed by atoms with Gasteiger partial charge in [0, 0.05) is 22.3 Å². The molecule has 1 aliphatic heterocycles. The number of thiazole rings is 1. The molecule has 3 rings (SSSR count). The summed E-state index contributed by atoms with van der Waals surface area (Å²) in [5.74, 6) is -0.662. The van der Waals surface area contributed by atoms with Gasteiger partial charge in [0.15, 0.2) is 6.04 Å². The number of hydrogen-bond donors (Lipinski definition) is 1. The molecule has 1 atom stereocenters. The highest BCUT2D eigenvalue weighted by molar-refractivity contribution is 9.10. The Morgan fingerprint density at radius 2 is 2.00 bits per heavy atom. The van der Waals surface area contributed by atoms with Crippen molar-refractivity contribution in [2.75, 3.05) is 20.2 Å². The van der Waals surface area contributed by atoms with Gasteiger partial charge in [-0.1, -0.05) is 28.1 Å². The van der Waals surface area contributed by atoms with E-state index in [0.29, 0.717) is 5.56 Å². The Labute approximate surface area is 177 Å². The molecule has 150 valence electrons. The molecule has 0 saturated carbocycles. The Hall–Kier alpha value is -1.77. The molecule has 1 aromatic heterocycles. The molecule has 1 aliphatic rings. The van der Waals surface area contributed by atoms with Crippen LogP contribution in [-0.2, 0) is 20.9 Å². The lowest BCUT2D eigenvalue weighted by Gasteiger charge is -2.31. The molecule has 0 bridgehead atoms. The number of piperidine rings is 1. The molecule has 0 spiro atoms. The number of hydrogen-bond acceptors (Lipinski definition) is 6. The fourth-order valence-electron chi connectivity index (χ4n) is 3.37. The second-order valence-corrected chi connectivity index (χ2v) is 8.90. The summed E-state index contributed by atoms with van der Waals surface area (Å²) in [5, 5.41) is 6.05. The SMILES string of the molecule is COC(=O)C(NC(=O)C1CCN(Cc2csc(C)n2)CC1)c1ccc(Br)cc1. The van der Waals surface area contributed by atoms with E-state index in [0.717, 1.165) is 47.7 Å². The molecule has 1 N–H and O–H groups in total. The molecule has 2 aromatic rings. The molecule has 28 heavy (non-hydrogen) atoms. The van der Waals surface area contributed by atoms with Gasteiger partial charge in [-0.2, -0.15) is 0 Å². The van der Waals surface area contributed by atoms with Crippen LogP contribution in [0.2, 0.25) is 0 Å². The van der Waals surface area contributed by atoms with Crippen molar-refractivity contribution in [3.05, 3.63) is 50.4 Å². The van der Waals surface area contributed by atoms with Crippen molar-refractivity contribution in [2.45, 2.75) is 32.4 Å². The summed E-state index contributed by atoms with van der Waals surface area (Å²) in [6.07, 6.45) is 1.53. The second-order valence-electron chi connectivity index (χ2n) is 6.92. The number of methoxy groups -OCH3 is 1. The van der Waals surface area contributed by atoms with Crippen molar-refractivity contribution in [1.82, 2.24) is 15.2 Å². The Morgan fingerprint density at radius 3 is 2.57 bits per heavy atom. The third-order valence-electron chi connectivity index (χ3n) is 4.94. The quantitative estimate of drug-likeness (QED) is 0.661. The van der Waals surface area contributed by atoms with E-state index in [1.807, 2.05) is 31.2 Å². The van der Waals surface area contributed by atoms with E-state index in [1.165, 1.54) is 7.11 Å². The number of amides is 1. The number of benzene rings is 1. The minimum atomic E-state index is -0.790. The molecular formula is C20H24BrN3O3S. The van der Waals surface area contributed by atoms with E-state index in [-0.39, 0.29) is 11.8 Å². The Kier molecular flexibility index (Phi) is 7.20. The second kappa shape index (κ2) is 9.62. The van der Waals surface area contributed by atoms with Gasteiger partial charge in [-0.3, -0.25) is 9.69 Å². The molecule has 1 fully saturated rings. The largest absolute Gasteiger partial charge is 0.467 e. The molecule has 8 heteroatoms. The minimum Gasteiger partial charge on any atom is -0.467 e. The fraction of sp³-hybridized carbons (Fsp3) is 0.450. The topological polar surface area (TPSA) is 71.5 Å². The first-order valence-electron chi connectivity index (χ1n) is 9.23. The van der Waals surface area contributed by atoms with Gasteiger partial charge in [0.2, 0.25) is 5.91 Å². The third-order valence-corrected chi connectivity index (χ3v) is 6.29. The summed E-state index contributed by atoms with van der Waals surface area (Å²) in [6, 6.07) is 6.52. The number of likely N-dealkylation sites (tertiary alicyclic amines) is 1. The van der Waals surface area contributed by atoms with Gasteiger partial charge in [-0.05, 0) is 50.6 Å². The maximum Gasteiger partial charge on any atom is 0.333 e. The molecule has 1 unspecified atom stereocenters. The van der Waals surface area contributed by atoms with Crippen LogP contribution in [0.5, 0.6) is 0 Å². The highest BCUT2D eigenvalue weighted by Gasteiger charge is 2.30.